The zero-order valence-corrected chi connectivity index (χ0v) is 17.0. The third kappa shape index (κ3) is 5.07. The average molecular weight is 459 g/mol. The predicted octanol–water partition coefficient (Wildman–Crippen LogP) is 2.47. The van der Waals surface area contributed by atoms with Gasteiger partial charge in [0, 0.05) is 6.54 Å². The van der Waals surface area contributed by atoms with Crippen molar-refractivity contribution in [3.05, 3.63) is 35.4 Å². The Morgan fingerprint density at radius 2 is 2.08 bits per heavy atom. The number of ether oxygens (including phenoxy) is 2. The Balaban J connectivity index is 0.00000225. The van der Waals surface area contributed by atoms with Crippen molar-refractivity contribution >= 4 is 35.9 Å². The number of nitrogens with zero attached hydrogens (tertiary/aromatic N) is 1. The van der Waals surface area contributed by atoms with Crippen molar-refractivity contribution < 1.29 is 14.3 Å². The summed E-state index contributed by atoms with van der Waals surface area (Å²) < 4.78 is 10.6. The zero-order valence-electron chi connectivity index (χ0n) is 14.7. The number of carbonyl (C=O) groups excluding carboxylic acids is 1. The molecule has 2 heterocycles. The number of fused-ring (bicyclic) bond motifs is 2. The number of esters is 1. The molecule has 1 aromatic carbocycles. The molecule has 7 heteroatoms. The largest absolute Gasteiger partial charge is 0.465 e. The van der Waals surface area contributed by atoms with E-state index in [9.17, 15) is 4.79 Å². The maximum absolute atomic E-state index is 11.5. The quantitative estimate of drug-likeness (QED) is 0.307. The fourth-order valence-electron chi connectivity index (χ4n) is 3.32. The lowest BCUT2D eigenvalue weighted by Gasteiger charge is -2.22. The summed E-state index contributed by atoms with van der Waals surface area (Å²) in [5.74, 6) is 0.493. The number of methoxy groups -OCH3 is 1. The number of carbonyl (C=O) groups is 1. The zero-order chi connectivity index (χ0) is 16.9. The number of hydrogen-bond acceptors (Lipinski definition) is 4. The Labute approximate surface area is 165 Å². The highest BCUT2D eigenvalue weighted by Crippen LogP contribution is 2.34. The highest BCUT2D eigenvalue weighted by molar-refractivity contribution is 14.0. The summed E-state index contributed by atoms with van der Waals surface area (Å²) in [5, 5.41) is 6.78. The molecule has 2 bridgehead atoms. The number of guanidine groups is 1. The van der Waals surface area contributed by atoms with Crippen molar-refractivity contribution in [2.75, 3.05) is 13.7 Å². The second-order valence-electron chi connectivity index (χ2n) is 6.24. The predicted molar refractivity (Wildman–Crippen MR) is 107 cm³/mol. The Kier molecular flexibility index (Phi) is 7.49. The first kappa shape index (κ1) is 20.0. The molecule has 0 amide bonds. The topological polar surface area (TPSA) is 72.0 Å². The molecule has 138 valence electrons. The minimum Gasteiger partial charge on any atom is -0.465 e. The van der Waals surface area contributed by atoms with Gasteiger partial charge in [-0.1, -0.05) is 12.1 Å². The third-order valence-corrected chi connectivity index (χ3v) is 4.57. The van der Waals surface area contributed by atoms with E-state index in [1.54, 1.807) is 12.1 Å². The van der Waals surface area contributed by atoms with Gasteiger partial charge in [-0.15, -0.1) is 24.0 Å². The van der Waals surface area contributed by atoms with Crippen LogP contribution in [0.4, 0.5) is 0 Å². The smallest absolute Gasteiger partial charge is 0.337 e. The molecule has 2 saturated heterocycles. The van der Waals surface area contributed by atoms with E-state index in [4.69, 9.17) is 9.47 Å². The minimum absolute atomic E-state index is 0. The Morgan fingerprint density at radius 3 is 2.64 bits per heavy atom. The summed E-state index contributed by atoms with van der Waals surface area (Å²) in [6, 6.07) is 7.69. The highest BCUT2D eigenvalue weighted by atomic mass is 127. The van der Waals surface area contributed by atoms with E-state index in [-0.39, 0.29) is 29.9 Å². The fourth-order valence-corrected chi connectivity index (χ4v) is 3.32. The molecule has 3 atom stereocenters. The number of rotatable bonds is 5. The second-order valence-corrected chi connectivity index (χ2v) is 6.24. The molecule has 25 heavy (non-hydrogen) atoms. The van der Waals surface area contributed by atoms with Crippen molar-refractivity contribution in [2.24, 2.45) is 4.99 Å². The van der Waals surface area contributed by atoms with Crippen LogP contribution in [0.5, 0.6) is 0 Å². The van der Waals surface area contributed by atoms with Gasteiger partial charge in [0.2, 0.25) is 0 Å². The van der Waals surface area contributed by atoms with Crippen molar-refractivity contribution in [1.82, 2.24) is 10.6 Å². The number of hydrogen-bond donors (Lipinski definition) is 2. The Bertz CT molecular complexity index is 606. The van der Waals surface area contributed by atoms with E-state index in [1.807, 2.05) is 12.1 Å². The Morgan fingerprint density at radius 1 is 1.32 bits per heavy atom. The van der Waals surface area contributed by atoms with Gasteiger partial charge in [-0.05, 0) is 43.9 Å². The molecule has 0 spiro atoms. The maximum atomic E-state index is 11.5. The lowest BCUT2D eigenvalue weighted by atomic mass is 9.96. The summed E-state index contributed by atoms with van der Waals surface area (Å²) in [6.45, 7) is 3.42. The Hall–Kier alpha value is -1.35. The lowest BCUT2D eigenvalue weighted by Crippen LogP contribution is -2.47. The molecule has 2 fully saturated rings. The van der Waals surface area contributed by atoms with Crippen LogP contribution in [0.2, 0.25) is 0 Å². The summed E-state index contributed by atoms with van der Waals surface area (Å²) in [6.07, 6.45) is 4.11. The summed E-state index contributed by atoms with van der Waals surface area (Å²) in [5.41, 5.74) is 1.60. The van der Waals surface area contributed by atoms with E-state index >= 15 is 0 Å². The van der Waals surface area contributed by atoms with Gasteiger partial charge in [0.1, 0.15) is 0 Å². The molecule has 2 aliphatic heterocycles. The number of benzene rings is 1. The van der Waals surface area contributed by atoms with E-state index < -0.39 is 0 Å². The van der Waals surface area contributed by atoms with E-state index in [0.717, 1.165) is 30.9 Å². The molecule has 1 aromatic rings. The molecular formula is C18H26IN3O3. The molecule has 2 N–H and O–H groups in total. The van der Waals surface area contributed by atoms with Gasteiger partial charge in [-0.2, -0.15) is 0 Å². The summed E-state index contributed by atoms with van der Waals surface area (Å²) in [7, 11) is 1.38. The number of nitrogens with one attached hydrogen (secondary N) is 2. The van der Waals surface area contributed by atoms with Gasteiger partial charge in [0.05, 0.1) is 37.5 Å². The van der Waals surface area contributed by atoms with Gasteiger partial charge < -0.3 is 20.1 Å². The molecule has 6 nitrogen and oxygen atoms in total. The number of halogens is 1. The summed E-state index contributed by atoms with van der Waals surface area (Å²) in [4.78, 5) is 16.1. The first-order valence-corrected chi connectivity index (χ1v) is 8.57. The van der Waals surface area contributed by atoms with Crippen LogP contribution in [0.3, 0.4) is 0 Å². The van der Waals surface area contributed by atoms with Crippen LogP contribution >= 0.6 is 24.0 Å². The molecule has 0 aliphatic carbocycles. The van der Waals surface area contributed by atoms with E-state index in [0.29, 0.717) is 30.4 Å². The van der Waals surface area contributed by atoms with Gasteiger partial charge in [-0.25, -0.2) is 9.79 Å². The van der Waals surface area contributed by atoms with Crippen LogP contribution in [0, 0.1) is 0 Å². The normalized spacial score (nSPS) is 24.6. The van der Waals surface area contributed by atoms with E-state index in [2.05, 4.69) is 22.5 Å². The standard InChI is InChI=1S/C18H25N3O3.HI/c1-3-19-18(21-15-10-14-8-9-16(15)24-14)20-11-12-4-6-13(7-5-12)17(22)23-2;/h4-7,14-16H,3,8-11H2,1-2H3,(H2,19,20,21);1H. The molecule has 0 aromatic heterocycles. The van der Waals surface area contributed by atoms with Crippen LogP contribution in [-0.4, -0.2) is 43.8 Å². The highest BCUT2D eigenvalue weighted by Gasteiger charge is 2.41. The van der Waals surface area contributed by atoms with Crippen molar-refractivity contribution in [3.63, 3.8) is 0 Å². The molecular weight excluding hydrogens is 433 g/mol. The average Bonchev–Trinajstić information content (AvgIpc) is 3.22. The molecule has 3 unspecified atom stereocenters. The monoisotopic (exact) mass is 459 g/mol. The molecule has 2 aliphatic rings. The van der Waals surface area contributed by atoms with Crippen LogP contribution < -0.4 is 10.6 Å². The molecule has 0 radical (unpaired) electrons. The van der Waals surface area contributed by atoms with E-state index in [1.165, 1.54) is 13.5 Å². The van der Waals surface area contributed by atoms with Crippen LogP contribution in [0.25, 0.3) is 0 Å². The fraction of sp³-hybridized carbons (Fsp3) is 0.556. The van der Waals surface area contributed by atoms with Gasteiger partial charge in [0.25, 0.3) is 0 Å². The first-order valence-electron chi connectivity index (χ1n) is 8.57. The number of aliphatic imine (C=N–C) groups is 1. The molecule has 0 saturated carbocycles. The van der Waals surface area contributed by atoms with Crippen LogP contribution in [0.1, 0.15) is 42.1 Å². The van der Waals surface area contributed by atoms with Crippen LogP contribution in [-0.2, 0) is 16.0 Å². The first-order chi connectivity index (χ1) is 11.7. The summed E-state index contributed by atoms with van der Waals surface area (Å²) >= 11 is 0. The SMILES string of the molecule is CCNC(=NCc1ccc(C(=O)OC)cc1)NC1CC2CCC1O2.I. The lowest BCUT2D eigenvalue weighted by molar-refractivity contribution is 0.0600. The molecule has 3 rings (SSSR count). The van der Waals surface area contributed by atoms with Gasteiger partial charge >= 0.3 is 5.97 Å². The van der Waals surface area contributed by atoms with Gasteiger partial charge in [-0.3, -0.25) is 0 Å². The second kappa shape index (κ2) is 9.38. The minimum atomic E-state index is -0.323. The third-order valence-electron chi connectivity index (χ3n) is 4.57. The maximum Gasteiger partial charge on any atom is 0.337 e. The van der Waals surface area contributed by atoms with Crippen molar-refractivity contribution in [3.8, 4) is 0 Å². The van der Waals surface area contributed by atoms with Crippen LogP contribution in [0.15, 0.2) is 29.3 Å². The van der Waals surface area contributed by atoms with Crippen molar-refractivity contribution in [1.29, 1.82) is 0 Å². The van der Waals surface area contributed by atoms with Crippen molar-refractivity contribution in [2.45, 2.75) is 51.0 Å². The van der Waals surface area contributed by atoms with Gasteiger partial charge in [0.15, 0.2) is 5.96 Å².